The monoisotopic (exact) mass is 360 g/mol. The second-order valence-electron chi connectivity index (χ2n) is 2.74. The molecule has 0 saturated carbocycles. The van der Waals surface area contributed by atoms with Crippen LogP contribution >= 0.6 is 33.0 Å². The summed E-state index contributed by atoms with van der Waals surface area (Å²) in [5, 5.41) is 19.5. The van der Waals surface area contributed by atoms with Gasteiger partial charge in [-0.1, -0.05) is 0 Å². The van der Waals surface area contributed by atoms with Gasteiger partial charge in [-0.2, -0.15) is 10.2 Å². The zero-order chi connectivity index (χ0) is 15.5. The van der Waals surface area contributed by atoms with E-state index in [1.54, 1.807) is 0 Å². The van der Waals surface area contributed by atoms with Gasteiger partial charge in [0.1, 0.15) is 0 Å². The Morgan fingerprint density at radius 1 is 1.10 bits per heavy atom. The van der Waals surface area contributed by atoms with Gasteiger partial charge in [0, 0.05) is 33.8 Å². The van der Waals surface area contributed by atoms with E-state index in [0.29, 0.717) is 5.56 Å². The Morgan fingerprint density at radius 2 is 1.50 bits per heavy atom. The number of carbonyl (C=O) groups is 2. The molecule has 0 unspecified atom stereocenters. The van der Waals surface area contributed by atoms with E-state index in [1.807, 2.05) is 0 Å². The maximum Gasteiger partial charge on any atom is 0.338 e. The number of carbonyl (C=O) groups excluding carboxylic acids is 1. The van der Waals surface area contributed by atoms with Crippen LogP contribution in [0.15, 0.2) is 24.8 Å². The van der Waals surface area contributed by atoms with Gasteiger partial charge in [0.05, 0.1) is 23.5 Å². The molecule has 2 aromatic heterocycles. The maximum atomic E-state index is 10.2. The van der Waals surface area contributed by atoms with E-state index < -0.39 is 20.4 Å². The van der Waals surface area contributed by atoms with Gasteiger partial charge in [-0.05, 0) is 11.6 Å². The van der Waals surface area contributed by atoms with Crippen LogP contribution in [-0.2, 0) is 9.23 Å². The number of hydrogen-bond donors (Lipinski definition) is 3. The number of H-pyrrole nitrogens is 2. The van der Waals surface area contributed by atoms with E-state index in [9.17, 15) is 9.59 Å². The fourth-order valence-electron chi connectivity index (χ4n) is 0.726. The summed E-state index contributed by atoms with van der Waals surface area (Å²) in [4.78, 5) is 20.2. The van der Waals surface area contributed by atoms with Crippen molar-refractivity contribution in [3.63, 3.8) is 0 Å². The van der Waals surface area contributed by atoms with Gasteiger partial charge < -0.3 is 5.11 Å². The van der Waals surface area contributed by atoms with Crippen molar-refractivity contribution in [2.24, 2.45) is 0 Å². The van der Waals surface area contributed by atoms with Crippen LogP contribution in [0.1, 0.15) is 20.7 Å². The van der Waals surface area contributed by atoms with E-state index in [4.69, 9.17) is 20.9 Å². The number of nitrogens with one attached hydrogen (secondary N) is 2. The molecule has 8 nitrogen and oxygen atoms in total. The summed E-state index contributed by atoms with van der Waals surface area (Å²) in [5.41, 5.74) is 0.580. The lowest BCUT2D eigenvalue weighted by molar-refractivity contribution is 0.0696. The van der Waals surface area contributed by atoms with Gasteiger partial charge in [0.15, 0.2) is 0 Å². The highest BCUT2D eigenvalue weighted by atomic mass is 36.0. The maximum absolute atomic E-state index is 10.2. The molecule has 110 valence electrons. The van der Waals surface area contributed by atoms with Crippen LogP contribution in [0.5, 0.6) is 0 Å². The third-order valence-corrected chi connectivity index (χ3v) is 1.69. The fourth-order valence-corrected chi connectivity index (χ4v) is 0.830. The van der Waals surface area contributed by atoms with Gasteiger partial charge in [-0.15, -0.1) is 0 Å². The number of halogens is 3. The summed E-state index contributed by atoms with van der Waals surface area (Å²) in [6.45, 7) is 0. The first-order valence-corrected chi connectivity index (χ1v) is 7.67. The lowest BCUT2D eigenvalue weighted by Crippen LogP contribution is -1.91. The molecule has 12 heteroatoms. The number of aromatic amines is 2. The van der Waals surface area contributed by atoms with Crippen LogP contribution in [0.4, 0.5) is 0 Å². The molecule has 20 heavy (non-hydrogen) atoms. The Kier molecular flexibility index (Phi) is 9.64. The van der Waals surface area contributed by atoms with Gasteiger partial charge in [0.2, 0.25) is 9.23 Å². The molecule has 0 spiro atoms. The van der Waals surface area contributed by atoms with Crippen LogP contribution in [0, 0.1) is 0 Å². The minimum absolute atomic E-state index is 0.185. The Hall–Kier alpha value is -1.42. The highest BCUT2D eigenvalue weighted by Crippen LogP contribution is 1.97. The smallest absolute Gasteiger partial charge is 0.338 e. The summed E-state index contributed by atoms with van der Waals surface area (Å²) in [6, 6.07) is 0. The Morgan fingerprint density at radius 3 is 1.65 bits per heavy atom. The molecule has 2 heterocycles. The third-order valence-electron chi connectivity index (χ3n) is 1.47. The number of rotatable bonds is 2. The van der Waals surface area contributed by atoms with Gasteiger partial charge in [-0.25, -0.2) is 9.00 Å². The van der Waals surface area contributed by atoms with Crippen molar-refractivity contribution in [2.45, 2.75) is 0 Å². The molecule has 2 rings (SSSR count). The lowest BCUT2D eigenvalue weighted by Gasteiger charge is -1.77. The summed E-state index contributed by atoms with van der Waals surface area (Å²) in [7, 11) is 7.36. The molecule has 0 atom stereocenters. The van der Waals surface area contributed by atoms with Crippen molar-refractivity contribution in [1.29, 1.82) is 0 Å². The van der Waals surface area contributed by atoms with Crippen LogP contribution < -0.4 is 0 Å². The van der Waals surface area contributed by atoms with Crippen molar-refractivity contribution in [1.82, 2.24) is 20.4 Å². The highest BCUT2D eigenvalue weighted by Gasteiger charge is 2.00. The standard InChI is InChI=1S/C4H3ClN2O.C4H4N2O2.Cl2OS/c5-4(8)3-1-6-7-2-3;7-4(8)3-1-5-6-2-3;1-4(2)3/h1-2H,(H,6,7);1-2H,(H,5,6)(H,7,8);. The average Bonchev–Trinajstić information content (AvgIpc) is 3.03. The number of aromatic nitrogens is 4. The zero-order valence-corrected chi connectivity index (χ0v) is 12.5. The van der Waals surface area contributed by atoms with E-state index >= 15 is 0 Å². The fraction of sp³-hybridized carbons (Fsp3) is 0. The molecule has 0 aliphatic heterocycles. The highest BCUT2D eigenvalue weighted by molar-refractivity contribution is 8.26. The molecular formula is C8H7Cl3N4O4S. The van der Waals surface area contributed by atoms with E-state index in [2.05, 4.69) is 41.8 Å². The Labute approximate surface area is 128 Å². The lowest BCUT2D eigenvalue weighted by atomic mass is 10.4. The predicted octanol–water partition coefficient (Wildman–Crippen LogP) is 1.94. The van der Waals surface area contributed by atoms with E-state index in [0.717, 1.165) is 0 Å². The summed E-state index contributed by atoms with van der Waals surface area (Å²) in [6.07, 6.45) is 5.38. The number of aromatic carboxylic acids is 1. The summed E-state index contributed by atoms with van der Waals surface area (Å²) in [5.74, 6) is -0.959. The quantitative estimate of drug-likeness (QED) is 0.701. The van der Waals surface area contributed by atoms with E-state index in [-0.39, 0.29) is 5.56 Å². The van der Waals surface area contributed by atoms with E-state index in [1.165, 1.54) is 24.8 Å². The van der Waals surface area contributed by atoms with Gasteiger partial charge >= 0.3 is 5.97 Å². The van der Waals surface area contributed by atoms with Crippen LogP contribution in [0.3, 0.4) is 0 Å². The first kappa shape index (κ1) is 18.6. The second kappa shape index (κ2) is 10.4. The molecule has 0 aliphatic rings. The minimum Gasteiger partial charge on any atom is -0.478 e. The van der Waals surface area contributed by atoms with Crippen LogP contribution in [0.2, 0.25) is 0 Å². The van der Waals surface area contributed by atoms with Gasteiger partial charge in [-0.3, -0.25) is 15.0 Å². The second-order valence-corrected chi connectivity index (χ2v) is 5.60. The topological polar surface area (TPSA) is 129 Å². The van der Waals surface area contributed by atoms with Crippen LogP contribution in [0.25, 0.3) is 0 Å². The molecule has 0 saturated heterocycles. The van der Waals surface area contributed by atoms with Crippen molar-refractivity contribution in [3.05, 3.63) is 35.9 Å². The first-order chi connectivity index (χ1) is 9.34. The molecule has 0 aliphatic carbocycles. The van der Waals surface area contributed by atoms with Crippen molar-refractivity contribution in [2.75, 3.05) is 0 Å². The minimum atomic E-state index is -1.67. The molecule has 0 fully saturated rings. The molecule has 0 radical (unpaired) electrons. The molecule has 0 aromatic carbocycles. The molecule has 0 bridgehead atoms. The van der Waals surface area contributed by atoms with Gasteiger partial charge in [0.25, 0.3) is 5.24 Å². The number of carboxylic acid groups (broad SMARTS) is 1. The summed E-state index contributed by atoms with van der Waals surface area (Å²) < 4.78 is 9.09. The largest absolute Gasteiger partial charge is 0.478 e. The molecule has 3 N–H and O–H groups in total. The predicted molar refractivity (Wildman–Crippen MR) is 74.2 cm³/mol. The van der Waals surface area contributed by atoms with Crippen LogP contribution in [-0.4, -0.2) is 40.9 Å². The van der Waals surface area contributed by atoms with Crippen molar-refractivity contribution < 1.29 is 18.9 Å². The third kappa shape index (κ3) is 9.50. The van der Waals surface area contributed by atoms with Crippen molar-refractivity contribution >= 4 is 53.4 Å². The first-order valence-electron chi connectivity index (χ1n) is 4.49. The number of carboxylic acids is 1. The normalized spacial score (nSPS) is 9.00. The molecule has 2 aromatic rings. The average molecular weight is 362 g/mol. The molecule has 0 amide bonds. The molecular weight excluding hydrogens is 355 g/mol. The number of hydrogen-bond acceptors (Lipinski definition) is 5. The summed E-state index contributed by atoms with van der Waals surface area (Å²) >= 11 is 5.05. The van der Waals surface area contributed by atoms with Crippen molar-refractivity contribution in [3.8, 4) is 0 Å². The number of nitrogens with zero attached hydrogens (tertiary/aromatic N) is 2. The SMILES string of the molecule is O=C(Cl)c1cn[nH]c1.O=C(O)c1cn[nH]c1.O=S(Cl)Cl. The zero-order valence-electron chi connectivity index (χ0n) is 9.42. The Balaban J connectivity index is 0.000000289. The Bertz CT molecular complexity index is 498.